The molecule has 0 N–H and O–H groups in total. The fourth-order valence-electron chi connectivity index (χ4n) is 3.86. The van der Waals surface area contributed by atoms with Crippen LogP contribution in [0.1, 0.15) is 38.2 Å². The van der Waals surface area contributed by atoms with Gasteiger partial charge in [-0.25, -0.2) is 0 Å². The molecule has 2 fully saturated rings. The number of hydrogen-bond donors (Lipinski definition) is 0. The van der Waals surface area contributed by atoms with Crippen molar-refractivity contribution in [3.8, 4) is 0 Å². The first-order valence-corrected chi connectivity index (χ1v) is 8.35. The summed E-state index contributed by atoms with van der Waals surface area (Å²) in [5.74, 6) is 0. The number of nitrogens with zero attached hydrogens (tertiary/aromatic N) is 2. The Kier molecular flexibility index (Phi) is 4.74. The zero-order valence-corrected chi connectivity index (χ0v) is 12.8. The normalized spacial score (nSPS) is 28.2. The van der Waals surface area contributed by atoms with Gasteiger partial charge in [-0.2, -0.15) is 0 Å². The quantitative estimate of drug-likeness (QED) is 0.830. The van der Waals surface area contributed by atoms with Crippen molar-refractivity contribution in [2.24, 2.45) is 0 Å². The number of benzene rings is 1. The van der Waals surface area contributed by atoms with Crippen molar-refractivity contribution in [1.82, 2.24) is 9.80 Å². The third-order valence-corrected chi connectivity index (χ3v) is 5.07. The van der Waals surface area contributed by atoms with Gasteiger partial charge in [0.15, 0.2) is 0 Å². The highest BCUT2D eigenvalue weighted by molar-refractivity contribution is 5.14. The Hall–Kier alpha value is -0.860. The molecule has 0 radical (unpaired) electrons. The largest absolute Gasteiger partial charge is 0.298 e. The molecule has 1 aromatic rings. The highest BCUT2D eigenvalue weighted by Gasteiger charge is 2.32. The Balaban J connectivity index is 1.47. The molecule has 2 atom stereocenters. The lowest BCUT2D eigenvalue weighted by Crippen LogP contribution is -2.58. The number of rotatable bonds is 4. The molecule has 2 unspecified atom stereocenters. The Bertz CT molecular complexity index is 403. The van der Waals surface area contributed by atoms with Gasteiger partial charge in [-0.3, -0.25) is 9.80 Å². The maximum absolute atomic E-state index is 2.74. The van der Waals surface area contributed by atoms with Crippen LogP contribution in [0.15, 0.2) is 30.3 Å². The first kappa shape index (κ1) is 14.1. The number of piperidine rings is 1. The van der Waals surface area contributed by atoms with E-state index in [1.165, 1.54) is 63.8 Å². The summed E-state index contributed by atoms with van der Waals surface area (Å²) < 4.78 is 0. The van der Waals surface area contributed by atoms with E-state index < -0.39 is 0 Å². The van der Waals surface area contributed by atoms with Crippen LogP contribution in [0.3, 0.4) is 0 Å². The van der Waals surface area contributed by atoms with E-state index in [-0.39, 0.29) is 0 Å². The monoisotopic (exact) mass is 272 g/mol. The average molecular weight is 272 g/mol. The average Bonchev–Trinajstić information content (AvgIpc) is 2.49. The number of fused-ring (bicyclic) bond motifs is 1. The molecule has 0 aromatic heterocycles. The molecule has 0 amide bonds. The standard InChI is InChI=1S/C18H28N2/c1-16-14-20-12-6-5-11-18(20)15-19(16)13-7-10-17-8-3-2-4-9-17/h2-4,8-9,16,18H,5-7,10-15H2,1H3. The van der Waals surface area contributed by atoms with E-state index in [9.17, 15) is 0 Å². The van der Waals surface area contributed by atoms with Gasteiger partial charge in [0.2, 0.25) is 0 Å². The predicted molar refractivity (Wildman–Crippen MR) is 85.0 cm³/mol. The van der Waals surface area contributed by atoms with E-state index in [2.05, 4.69) is 47.1 Å². The van der Waals surface area contributed by atoms with E-state index in [0.717, 1.165) is 12.1 Å². The molecule has 1 aromatic carbocycles. The molecule has 0 aliphatic carbocycles. The molecule has 3 rings (SSSR count). The second-order valence-corrected chi connectivity index (χ2v) is 6.58. The molecule has 2 heterocycles. The van der Waals surface area contributed by atoms with Gasteiger partial charge < -0.3 is 0 Å². The lowest BCUT2D eigenvalue weighted by atomic mass is 9.97. The Morgan fingerprint density at radius 2 is 1.95 bits per heavy atom. The van der Waals surface area contributed by atoms with E-state index >= 15 is 0 Å². The molecule has 0 bridgehead atoms. The Morgan fingerprint density at radius 1 is 1.10 bits per heavy atom. The minimum atomic E-state index is 0.736. The van der Waals surface area contributed by atoms with Crippen molar-refractivity contribution in [3.05, 3.63) is 35.9 Å². The molecule has 2 aliphatic heterocycles. The second-order valence-electron chi connectivity index (χ2n) is 6.58. The summed E-state index contributed by atoms with van der Waals surface area (Å²) in [7, 11) is 0. The lowest BCUT2D eigenvalue weighted by Gasteiger charge is -2.47. The fraction of sp³-hybridized carbons (Fsp3) is 0.667. The third-order valence-electron chi connectivity index (χ3n) is 5.07. The molecule has 0 spiro atoms. The number of hydrogen-bond acceptors (Lipinski definition) is 2. The van der Waals surface area contributed by atoms with Gasteiger partial charge in [0.1, 0.15) is 0 Å². The minimum Gasteiger partial charge on any atom is -0.298 e. The summed E-state index contributed by atoms with van der Waals surface area (Å²) in [6, 6.07) is 12.5. The summed E-state index contributed by atoms with van der Waals surface area (Å²) in [6.45, 7) is 7.60. The lowest BCUT2D eigenvalue weighted by molar-refractivity contribution is 0.0149. The zero-order valence-electron chi connectivity index (χ0n) is 12.8. The van der Waals surface area contributed by atoms with E-state index in [1.54, 1.807) is 0 Å². The number of aryl methyl sites for hydroxylation is 1. The topological polar surface area (TPSA) is 6.48 Å². The van der Waals surface area contributed by atoms with Crippen LogP contribution in [0.25, 0.3) is 0 Å². The summed E-state index contributed by atoms with van der Waals surface area (Å²) in [5, 5.41) is 0. The van der Waals surface area contributed by atoms with Crippen molar-refractivity contribution in [2.45, 2.75) is 51.1 Å². The van der Waals surface area contributed by atoms with E-state index in [0.29, 0.717) is 0 Å². The Morgan fingerprint density at radius 3 is 2.80 bits per heavy atom. The molecular weight excluding hydrogens is 244 g/mol. The van der Waals surface area contributed by atoms with Crippen molar-refractivity contribution in [3.63, 3.8) is 0 Å². The van der Waals surface area contributed by atoms with Gasteiger partial charge in [0.25, 0.3) is 0 Å². The molecule has 0 saturated carbocycles. The molecular formula is C18H28N2. The summed E-state index contributed by atoms with van der Waals surface area (Å²) >= 11 is 0. The summed E-state index contributed by atoms with van der Waals surface area (Å²) in [6.07, 6.45) is 6.78. The van der Waals surface area contributed by atoms with Crippen molar-refractivity contribution >= 4 is 0 Å². The van der Waals surface area contributed by atoms with Gasteiger partial charge in [-0.15, -0.1) is 0 Å². The molecule has 110 valence electrons. The van der Waals surface area contributed by atoms with E-state index in [1.807, 2.05) is 0 Å². The summed E-state index contributed by atoms with van der Waals surface area (Å²) in [4.78, 5) is 5.47. The Labute approximate surface area is 123 Å². The van der Waals surface area contributed by atoms with Gasteiger partial charge in [-0.05, 0) is 51.3 Å². The minimum absolute atomic E-state index is 0.736. The maximum Gasteiger partial charge on any atom is 0.0223 e. The van der Waals surface area contributed by atoms with Gasteiger partial charge in [-0.1, -0.05) is 36.8 Å². The zero-order chi connectivity index (χ0) is 13.8. The van der Waals surface area contributed by atoms with E-state index in [4.69, 9.17) is 0 Å². The van der Waals surface area contributed by atoms with Crippen LogP contribution >= 0.6 is 0 Å². The van der Waals surface area contributed by atoms with Crippen molar-refractivity contribution in [1.29, 1.82) is 0 Å². The molecule has 2 nitrogen and oxygen atoms in total. The van der Waals surface area contributed by atoms with Crippen LogP contribution in [0.5, 0.6) is 0 Å². The van der Waals surface area contributed by atoms with Crippen molar-refractivity contribution < 1.29 is 0 Å². The number of piperazine rings is 1. The van der Waals surface area contributed by atoms with Crippen LogP contribution in [-0.4, -0.2) is 48.1 Å². The first-order chi connectivity index (χ1) is 9.83. The molecule has 2 heteroatoms. The van der Waals surface area contributed by atoms with Gasteiger partial charge >= 0.3 is 0 Å². The second kappa shape index (κ2) is 6.73. The predicted octanol–water partition coefficient (Wildman–Crippen LogP) is 3.18. The van der Waals surface area contributed by atoms with Crippen molar-refractivity contribution in [2.75, 3.05) is 26.2 Å². The molecule has 20 heavy (non-hydrogen) atoms. The van der Waals surface area contributed by atoms with Crippen LogP contribution in [0.2, 0.25) is 0 Å². The van der Waals surface area contributed by atoms with Gasteiger partial charge in [0, 0.05) is 25.2 Å². The molecule has 2 saturated heterocycles. The third kappa shape index (κ3) is 3.42. The fourth-order valence-corrected chi connectivity index (χ4v) is 3.86. The van der Waals surface area contributed by atoms with Crippen LogP contribution < -0.4 is 0 Å². The SMILES string of the molecule is CC1CN2CCCCC2CN1CCCc1ccccc1. The highest BCUT2D eigenvalue weighted by Crippen LogP contribution is 2.24. The van der Waals surface area contributed by atoms with Crippen LogP contribution in [0, 0.1) is 0 Å². The maximum atomic E-state index is 2.74. The van der Waals surface area contributed by atoms with Crippen LogP contribution in [0.4, 0.5) is 0 Å². The first-order valence-electron chi connectivity index (χ1n) is 8.35. The van der Waals surface area contributed by atoms with Crippen LogP contribution in [-0.2, 0) is 6.42 Å². The smallest absolute Gasteiger partial charge is 0.0223 e. The molecule has 2 aliphatic rings. The summed E-state index contributed by atoms with van der Waals surface area (Å²) in [5.41, 5.74) is 1.48. The van der Waals surface area contributed by atoms with Gasteiger partial charge in [0.05, 0.1) is 0 Å². The highest BCUT2D eigenvalue weighted by atomic mass is 15.3.